The minimum absolute atomic E-state index is 0.133. The molecule has 0 radical (unpaired) electrons. The van der Waals surface area contributed by atoms with Crippen molar-refractivity contribution in [2.75, 3.05) is 0 Å². The number of H-pyrrole nitrogens is 1. The van der Waals surface area contributed by atoms with Gasteiger partial charge < -0.3 is 10.3 Å². The van der Waals surface area contributed by atoms with Crippen LogP contribution < -0.4 is 5.32 Å². The summed E-state index contributed by atoms with van der Waals surface area (Å²) in [5.74, 6) is 0.849. The standard InChI is InChI=1S/C31H48ClN5O/c1-5-6-7-8-9-10-11-12-13-14-15-16-17-18-26(38)33-23-24-19-21-25(22-20-24)29-34-30-27(32)28(31(2,3)4)35-37(30)36-29/h19-22H,5-18,23H2,1-4H3,(H,33,38)(H,34,36). The largest absolute Gasteiger partial charge is 0.352 e. The maximum Gasteiger partial charge on any atom is 0.220 e. The van der Waals surface area contributed by atoms with Crippen molar-refractivity contribution < 1.29 is 4.79 Å². The SMILES string of the molecule is CCCCCCCCCCCCCCCC(=O)NCc1ccc(-c2nn3nc(C(C)(C)C)c(Cl)c3[nH]2)cc1. The van der Waals surface area contributed by atoms with Crippen molar-refractivity contribution in [3.05, 3.63) is 40.5 Å². The zero-order valence-electron chi connectivity index (χ0n) is 24.0. The van der Waals surface area contributed by atoms with Gasteiger partial charge in [-0.05, 0) is 12.0 Å². The molecule has 210 valence electrons. The molecule has 38 heavy (non-hydrogen) atoms. The van der Waals surface area contributed by atoms with Crippen molar-refractivity contribution >= 4 is 23.2 Å². The van der Waals surface area contributed by atoms with Gasteiger partial charge in [0.1, 0.15) is 5.02 Å². The summed E-state index contributed by atoms with van der Waals surface area (Å²) in [5.41, 5.74) is 3.40. The van der Waals surface area contributed by atoms with Crippen LogP contribution in [0.5, 0.6) is 0 Å². The van der Waals surface area contributed by atoms with Crippen LogP contribution in [0, 0.1) is 0 Å². The van der Waals surface area contributed by atoms with Crippen LogP contribution in [-0.4, -0.2) is 25.7 Å². The van der Waals surface area contributed by atoms with E-state index in [0.717, 1.165) is 29.7 Å². The summed E-state index contributed by atoms with van der Waals surface area (Å²) in [7, 11) is 0. The Labute approximate surface area is 234 Å². The van der Waals surface area contributed by atoms with Crippen LogP contribution in [0.15, 0.2) is 24.3 Å². The van der Waals surface area contributed by atoms with E-state index < -0.39 is 0 Å². The number of nitrogens with zero attached hydrogens (tertiary/aromatic N) is 3. The van der Waals surface area contributed by atoms with E-state index >= 15 is 0 Å². The van der Waals surface area contributed by atoms with E-state index in [0.29, 0.717) is 29.5 Å². The number of hydrogen-bond donors (Lipinski definition) is 2. The average molecular weight is 542 g/mol. The Bertz CT molecular complexity index is 1110. The number of amides is 1. The lowest BCUT2D eigenvalue weighted by atomic mass is 9.92. The van der Waals surface area contributed by atoms with Crippen molar-refractivity contribution in [1.82, 2.24) is 25.1 Å². The van der Waals surface area contributed by atoms with Crippen LogP contribution in [0.1, 0.15) is 129 Å². The molecule has 1 amide bonds. The molecule has 0 aliphatic carbocycles. The fourth-order valence-corrected chi connectivity index (χ4v) is 5.22. The van der Waals surface area contributed by atoms with E-state index in [1.165, 1.54) is 70.6 Å². The maximum atomic E-state index is 12.3. The van der Waals surface area contributed by atoms with E-state index in [-0.39, 0.29) is 11.3 Å². The fraction of sp³-hybridized carbons (Fsp3) is 0.645. The van der Waals surface area contributed by atoms with Crippen LogP contribution in [-0.2, 0) is 16.8 Å². The van der Waals surface area contributed by atoms with E-state index in [4.69, 9.17) is 11.6 Å². The number of carbonyl (C=O) groups is 1. The normalized spacial score (nSPS) is 11.9. The summed E-state index contributed by atoms with van der Waals surface area (Å²) in [5, 5.41) is 12.8. The molecule has 3 rings (SSSR count). The Morgan fingerprint density at radius 1 is 0.868 bits per heavy atom. The van der Waals surface area contributed by atoms with E-state index in [1.54, 1.807) is 4.63 Å². The molecule has 2 N–H and O–H groups in total. The quantitative estimate of drug-likeness (QED) is 0.168. The van der Waals surface area contributed by atoms with Gasteiger partial charge in [0.15, 0.2) is 11.5 Å². The van der Waals surface area contributed by atoms with Gasteiger partial charge in [0.25, 0.3) is 0 Å². The molecule has 3 aromatic rings. The van der Waals surface area contributed by atoms with Crippen LogP contribution in [0.25, 0.3) is 17.0 Å². The molecule has 7 heteroatoms. The molecule has 2 heterocycles. The molecule has 0 saturated heterocycles. The van der Waals surface area contributed by atoms with Gasteiger partial charge in [-0.2, -0.15) is 5.10 Å². The number of rotatable bonds is 17. The first-order valence-electron chi connectivity index (χ1n) is 14.8. The third-order valence-corrected chi connectivity index (χ3v) is 7.53. The number of hydrogen-bond acceptors (Lipinski definition) is 3. The molecular formula is C31H48ClN5O. The van der Waals surface area contributed by atoms with Crippen LogP contribution in [0.4, 0.5) is 0 Å². The zero-order chi connectivity index (χ0) is 27.4. The average Bonchev–Trinajstić information content (AvgIpc) is 3.45. The Morgan fingerprint density at radius 3 is 1.95 bits per heavy atom. The van der Waals surface area contributed by atoms with Crippen molar-refractivity contribution in [3.63, 3.8) is 0 Å². The lowest BCUT2D eigenvalue weighted by Crippen LogP contribution is -2.22. The first-order valence-corrected chi connectivity index (χ1v) is 15.2. The molecule has 1 aromatic carbocycles. The Balaban J connectivity index is 1.28. The predicted molar refractivity (Wildman–Crippen MR) is 159 cm³/mol. The molecule has 0 spiro atoms. The van der Waals surface area contributed by atoms with Gasteiger partial charge in [0.2, 0.25) is 5.91 Å². The minimum atomic E-state index is -0.148. The second-order valence-corrected chi connectivity index (χ2v) is 12.1. The van der Waals surface area contributed by atoms with Gasteiger partial charge >= 0.3 is 0 Å². The number of unbranched alkanes of at least 4 members (excludes halogenated alkanes) is 12. The van der Waals surface area contributed by atoms with Gasteiger partial charge in [0, 0.05) is 23.9 Å². The minimum Gasteiger partial charge on any atom is -0.352 e. The molecule has 0 bridgehead atoms. The smallest absolute Gasteiger partial charge is 0.220 e. The number of aromatic amines is 1. The Morgan fingerprint density at radius 2 is 1.42 bits per heavy atom. The van der Waals surface area contributed by atoms with Gasteiger partial charge in [-0.1, -0.05) is 141 Å². The third kappa shape index (κ3) is 9.44. The number of aromatic nitrogens is 4. The van der Waals surface area contributed by atoms with E-state index in [9.17, 15) is 4.79 Å². The summed E-state index contributed by atoms with van der Waals surface area (Å²) < 4.78 is 1.57. The summed E-state index contributed by atoms with van der Waals surface area (Å²) >= 11 is 6.54. The van der Waals surface area contributed by atoms with Gasteiger partial charge in [0.05, 0.1) is 5.69 Å². The highest BCUT2D eigenvalue weighted by Crippen LogP contribution is 2.31. The number of halogens is 1. The number of fused-ring (bicyclic) bond motifs is 1. The molecule has 0 aliphatic rings. The van der Waals surface area contributed by atoms with E-state index in [2.05, 4.69) is 48.2 Å². The summed E-state index contributed by atoms with van der Waals surface area (Å²) in [6.07, 6.45) is 17.7. The molecule has 6 nitrogen and oxygen atoms in total. The second kappa shape index (κ2) is 15.3. The lowest BCUT2D eigenvalue weighted by molar-refractivity contribution is -0.121. The molecule has 0 saturated carbocycles. The molecule has 2 aromatic heterocycles. The van der Waals surface area contributed by atoms with Crippen LogP contribution in [0.2, 0.25) is 5.02 Å². The second-order valence-electron chi connectivity index (χ2n) is 11.7. The van der Waals surface area contributed by atoms with Crippen LogP contribution in [0.3, 0.4) is 0 Å². The monoisotopic (exact) mass is 541 g/mol. The van der Waals surface area contributed by atoms with E-state index in [1.807, 2.05) is 24.3 Å². The van der Waals surface area contributed by atoms with Crippen molar-refractivity contribution in [2.24, 2.45) is 0 Å². The molecular weight excluding hydrogens is 494 g/mol. The summed E-state index contributed by atoms with van der Waals surface area (Å²) in [6, 6.07) is 8.05. The van der Waals surface area contributed by atoms with Gasteiger partial charge in [-0.25, -0.2) is 0 Å². The summed E-state index contributed by atoms with van der Waals surface area (Å²) in [6.45, 7) is 9.06. The van der Waals surface area contributed by atoms with Crippen LogP contribution >= 0.6 is 11.6 Å². The van der Waals surface area contributed by atoms with Crippen molar-refractivity contribution in [2.45, 2.75) is 130 Å². The molecule has 0 fully saturated rings. The molecule has 0 unspecified atom stereocenters. The third-order valence-electron chi connectivity index (χ3n) is 7.18. The fourth-order valence-electron chi connectivity index (χ4n) is 4.78. The van der Waals surface area contributed by atoms with Crippen molar-refractivity contribution in [1.29, 1.82) is 0 Å². The number of carbonyl (C=O) groups excluding carboxylic acids is 1. The zero-order valence-corrected chi connectivity index (χ0v) is 24.8. The maximum absolute atomic E-state index is 12.3. The number of benzene rings is 1. The predicted octanol–water partition coefficient (Wildman–Crippen LogP) is 8.77. The first-order chi connectivity index (χ1) is 18.3. The lowest BCUT2D eigenvalue weighted by Gasteiger charge is -2.14. The van der Waals surface area contributed by atoms with Crippen molar-refractivity contribution in [3.8, 4) is 11.4 Å². The molecule has 0 atom stereocenters. The number of nitrogens with one attached hydrogen (secondary N) is 2. The topological polar surface area (TPSA) is 75.1 Å². The Hall–Kier alpha value is -2.34. The van der Waals surface area contributed by atoms with Gasteiger partial charge in [-0.15, -0.1) is 9.73 Å². The highest BCUT2D eigenvalue weighted by Gasteiger charge is 2.25. The Kier molecular flexibility index (Phi) is 12.2. The summed E-state index contributed by atoms with van der Waals surface area (Å²) in [4.78, 5) is 15.5. The highest BCUT2D eigenvalue weighted by molar-refractivity contribution is 6.34. The molecule has 0 aliphatic heterocycles. The highest BCUT2D eigenvalue weighted by atomic mass is 35.5. The van der Waals surface area contributed by atoms with Gasteiger partial charge in [-0.3, -0.25) is 4.79 Å². The first kappa shape index (κ1) is 30.2.